The fourth-order valence-corrected chi connectivity index (χ4v) is 4.05. The van der Waals surface area contributed by atoms with E-state index in [9.17, 15) is 14.7 Å². The first kappa shape index (κ1) is 21.6. The zero-order valence-corrected chi connectivity index (χ0v) is 19.0. The van der Waals surface area contributed by atoms with Crippen molar-refractivity contribution in [3.63, 3.8) is 0 Å². The zero-order valence-electron chi connectivity index (χ0n) is 19.0. The predicted octanol–water partition coefficient (Wildman–Crippen LogP) is 5.82. The van der Waals surface area contributed by atoms with Crippen molar-refractivity contribution >= 4 is 23.1 Å². The highest BCUT2D eigenvalue weighted by Crippen LogP contribution is 2.43. The minimum atomic E-state index is -0.858. The van der Waals surface area contributed by atoms with Crippen molar-refractivity contribution in [1.29, 1.82) is 0 Å². The minimum absolute atomic E-state index is 0.0300. The molecule has 1 saturated heterocycles. The Morgan fingerprint density at radius 2 is 1.66 bits per heavy atom. The number of aliphatic hydroxyl groups excluding tert-OH is 1. The molecule has 1 aromatic heterocycles. The molecule has 32 heavy (non-hydrogen) atoms. The fraction of sp³-hybridized carbons (Fsp3) is 0.259. The van der Waals surface area contributed by atoms with E-state index >= 15 is 0 Å². The van der Waals surface area contributed by atoms with Crippen LogP contribution in [-0.4, -0.2) is 16.8 Å². The molecule has 1 atom stereocenters. The summed E-state index contributed by atoms with van der Waals surface area (Å²) in [7, 11) is 0. The molecular weight excluding hydrogens is 402 g/mol. The van der Waals surface area contributed by atoms with Crippen LogP contribution in [-0.2, 0) is 15.0 Å². The highest BCUT2D eigenvalue weighted by Gasteiger charge is 2.48. The summed E-state index contributed by atoms with van der Waals surface area (Å²) in [6.45, 7) is 9.93. The van der Waals surface area contributed by atoms with Gasteiger partial charge in [0.05, 0.1) is 5.57 Å². The topological polar surface area (TPSA) is 70.8 Å². The molecule has 1 amide bonds. The summed E-state index contributed by atoms with van der Waals surface area (Å²) in [5.41, 5.74) is 2.83. The van der Waals surface area contributed by atoms with Crippen LogP contribution in [0, 0.1) is 13.8 Å². The Labute approximate surface area is 188 Å². The van der Waals surface area contributed by atoms with E-state index in [0.717, 1.165) is 11.1 Å². The molecule has 0 aliphatic carbocycles. The number of para-hydroxylation sites is 1. The standard InChI is InChI=1S/C27H27NO4/c1-16-11-13-18(27(3,4)5)15-20(16)24(29)22-23(21-14-12-17(2)32-21)28(26(31)25(22)30)19-9-7-6-8-10-19/h6-15,23,29H,1-5H3/b24-22+. The number of furan rings is 1. The molecule has 0 bridgehead atoms. The first-order valence-electron chi connectivity index (χ1n) is 10.6. The molecule has 4 rings (SSSR count). The van der Waals surface area contributed by atoms with Gasteiger partial charge in [0.2, 0.25) is 0 Å². The molecule has 0 spiro atoms. The number of carbonyl (C=O) groups excluding carboxylic acids is 2. The lowest BCUT2D eigenvalue weighted by Crippen LogP contribution is -2.29. The molecule has 2 heterocycles. The van der Waals surface area contributed by atoms with Crippen molar-refractivity contribution in [2.45, 2.75) is 46.1 Å². The second-order valence-corrected chi connectivity index (χ2v) is 9.23. The van der Waals surface area contributed by atoms with E-state index in [0.29, 0.717) is 22.8 Å². The number of rotatable bonds is 3. The zero-order chi connectivity index (χ0) is 23.2. The van der Waals surface area contributed by atoms with Gasteiger partial charge >= 0.3 is 0 Å². The molecule has 0 radical (unpaired) electrons. The van der Waals surface area contributed by atoms with Crippen LogP contribution in [0.3, 0.4) is 0 Å². The fourth-order valence-electron chi connectivity index (χ4n) is 4.05. The van der Waals surface area contributed by atoms with Gasteiger partial charge in [0.1, 0.15) is 23.3 Å². The van der Waals surface area contributed by atoms with Crippen LogP contribution in [0.1, 0.15) is 55.0 Å². The summed E-state index contributed by atoms with van der Waals surface area (Å²) in [5.74, 6) is -0.530. The van der Waals surface area contributed by atoms with E-state index in [4.69, 9.17) is 4.42 Å². The van der Waals surface area contributed by atoms with E-state index in [1.807, 2.05) is 31.2 Å². The SMILES string of the molecule is Cc1ccc(C2/C(=C(\O)c3cc(C(C)(C)C)ccc3C)C(=O)C(=O)N2c2ccccc2)o1. The Hall–Kier alpha value is -3.60. The van der Waals surface area contributed by atoms with Crippen molar-refractivity contribution in [3.05, 3.63) is 94.4 Å². The first-order chi connectivity index (χ1) is 15.1. The molecular formula is C27H27NO4. The molecule has 1 aliphatic rings. The van der Waals surface area contributed by atoms with Crippen molar-refractivity contribution in [2.24, 2.45) is 0 Å². The Kier molecular flexibility index (Phi) is 5.29. The molecule has 2 aromatic carbocycles. The average molecular weight is 430 g/mol. The highest BCUT2D eigenvalue weighted by molar-refractivity contribution is 6.51. The summed E-state index contributed by atoms with van der Waals surface area (Å²) in [6.07, 6.45) is 0. The second kappa shape index (κ2) is 7.83. The molecule has 5 nitrogen and oxygen atoms in total. The lowest BCUT2D eigenvalue weighted by molar-refractivity contribution is -0.132. The maximum absolute atomic E-state index is 13.2. The number of aliphatic hydroxyl groups is 1. The molecule has 1 fully saturated rings. The van der Waals surface area contributed by atoms with Crippen LogP contribution in [0.5, 0.6) is 0 Å². The third-order valence-electron chi connectivity index (χ3n) is 5.87. The normalized spacial score (nSPS) is 18.4. The van der Waals surface area contributed by atoms with Gasteiger partial charge in [-0.3, -0.25) is 14.5 Å². The highest BCUT2D eigenvalue weighted by atomic mass is 16.3. The number of carbonyl (C=O) groups is 2. The van der Waals surface area contributed by atoms with Gasteiger partial charge in [-0.15, -0.1) is 0 Å². The van der Waals surface area contributed by atoms with E-state index < -0.39 is 17.7 Å². The number of benzene rings is 2. The van der Waals surface area contributed by atoms with Crippen LogP contribution in [0.2, 0.25) is 0 Å². The summed E-state index contributed by atoms with van der Waals surface area (Å²) in [4.78, 5) is 27.8. The molecule has 1 aliphatic heterocycles. The molecule has 3 aromatic rings. The summed E-state index contributed by atoms with van der Waals surface area (Å²) >= 11 is 0. The Morgan fingerprint density at radius 3 is 2.25 bits per heavy atom. The van der Waals surface area contributed by atoms with Gasteiger partial charge in [0, 0.05) is 11.3 Å². The van der Waals surface area contributed by atoms with Crippen LogP contribution in [0.4, 0.5) is 5.69 Å². The van der Waals surface area contributed by atoms with Gasteiger partial charge in [0.15, 0.2) is 0 Å². The number of hydrogen-bond donors (Lipinski definition) is 1. The van der Waals surface area contributed by atoms with E-state index in [1.165, 1.54) is 4.90 Å². The third-order valence-corrected chi connectivity index (χ3v) is 5.87. The molecule has 164 valence electrons. The second-order valence-electron chi connectivity index (χ2n) is 9.23. The van der Waals surface area contributed by atoms with Crippen molar-refractivity contribution in [3.8, 4) is 0 Å². The summed E-state index contributed by atoms with van der Waals surface area (Å²) in [6, 6.07) is 17.5. The Bertz CT molecular complexity index is 1230. The number of nitrogens with zero attached hydrogens (tertiary/aromatic N) is 1. The smallest absolute Gasteiger partial charge is 0.300 e. The maximum Gasteiger partial charge on any atom is 0.300 e. The minimum Gasteiger partial charge on any atom is -0.507 e. The van der Waals surface area contributed by atoms with E-state index in [2.05, 4.69) is 20.8 Å². The van der Waals surface area contributed by atoms with Crippen LogP contribution < -0.4 is 4.90 Å². The number of hydrogen-bond acceptors (Lipinski definition) is 4. The number of ketones is 1. The lowest BCUT2D eigenvalue weighted by atomic mass is 9.84. The molecule has 1 unspecified atom stereocenters. The summed E-state index contributed by atoms with van der Waals surface area (Å²) < 4.78 is 5.85. The van der Waals surface area contributed by atoms with Gasteiger partial charge in [-0.05, 0) is 60.7 Å². The van der Waals surface area contributed by atoms with E-state index in [-0.39, 0.29) is 16.7 Å². The van der Waals surface area contributed by atoms with Crippen molar-refractivity contribution < 1.29 is 19.1 Å². The number of anilines is 1. The lowest BCUT2D eigenvalue weighted by Gasteiger charge is -2.24. The first-order valence-corrected chi connectivity index (χ1v) is 10.6. The van der Waals surface area contributed by atoms with Crippen molar-refractivity contribution in [2.75, 3.05) is 4.90 Å². The van der Waals surface area contributed by atoms with Gasteiger partial charge in [-0.1, -0.05) is 51.1 Å². The maximum atomic E-state index is 13.2. The average Bonchev–Trinajstić information content (AvgIpc) is 3.29. The van der Waals surface area contributed by atoms with E-state index in [1.54, 1.807) is 43.3 Å². The predicted molar refractivity (Wildman–Crippen MR) is 125 cm³/mol. The van der Waals surface area contributed by atoms with Gasteiger partial charge < -0.3 is 9.52 Å². The van der Waals surface area contributed by atoms with Crippen molar-refractivity contribution in [1.82, 2.24) is 0 Å². The van der Waals surface area contributed by atoms with Crippen LogP contribution in [0.25, 0.3) is 5.76 Å². The van der Waals surface area contributed by atoms with Gasteiger partial charge in [0.25, 0.3) is 11.7 Å². The molecule has 1 N–H and O–H groups in total. The largest absolute Gasteiger partial charge is 0.507 e. The molecule has 5 heteroatoms. The Balaban J connectivity index is 1.97. The van der Waals surface area contributed by atoms with Crippen LogP contribution in [0.15, 0.2) is 70.7 Å². The summed E-state index contributed by atoms with van der Waals surface area (Å²) in [5, 5.41) is 11.4. The third kappa shape index (κ3) is 3.64. The quantitative estimate of drug-likeness (QED) is 0.323. The van der Waals surface area contributed by atoms with Gasteiger partial charge in [-0.25, -0.2) is 0 Å². The number of Topliss-reactive ketones (excluding diaryl/α,β-unsaturated/α-hetero) is 1. The monoisotopic (exact) mass is 429 g/mol. The Morgan fingerprint density at radius 1 is 0.969 bits per heavy atom. The molecule has 0 saturated carbocycles. The number of aryl methyl sites for hydroxylation is 2. The number of amides is 1. The van der Waals surface area contributed by atoms with Crippen LogP contribution >= 0.6 is 0 Å². The van der Waals surface area contributed by atoms with Gasteiger partial charge in [-0.2, -0.15) is 0 Å².